The zero-order valence-corrected chi connectivity index (χ0v) is 33.5. The number of hydrogen-bond acceptors (Lipinski definition) is 4. The van der Waals surface area contributed by atoms with Crippen LogP contribution in [0.1, 0.15) is 0 Å². The molecular formula is C57H36N4O. The molecule has 0 spiro atoms. The van der Waals surface area contributed by atoms with Crippen LogP contribution in [-0.4, -0.2) is 19.5 Å². The second kappa shape index (κ2) is 14.7. The smallest absolute Gasteiger partial charge is 0.164 e. The number of para-hydroxylation sites is 1. The van der Waals surface area contributed by atoms with Crippen molar-refractivity contribution in [1.29, 1.82) is 0 Å². The molecule has 0 aliphatic carbocycles. The maximum absolute atomic E-state index is 6.73. The summed E-state index contributed by atoms with van der Waals surface area (Å²) in [6.07, 6.45) is 0. The molecule has 0 radical (unpaired) electrons. The largest absolute Gasteiger partial charge is 0.456 e. The molecule has 0 fully saturated rings. The van der Waals surface area contributed by atoms with Gasteiger partial charge in [0.1, 0.15) is 11.2 Å². The van der Waals surface area contributed by atoms with Crippen molar-refractivity contribution in [2.75, 3.05) is 0 Å². The first kappa shape index (κ1) is 35.5. The van der Waals surface area contributed by atoms with Crippen molar-refractivity contribution in [3.63, 3.8) is 0 Å². The lowest BCUT2D eigenvalue weighted by atomic mass is 9.99. The van der Waals surface area contributed by atoms with Crippen LogP contribution in [-0.2, 0) is 0 Å². The minimum absolute atomic E-state index is 0.580. The van der Waals surface area contributed by atoms with E-state index in [4.69, 9.17) is 19.4 Å². The normalized spacial score (nSPS) is 11.5. The van der Waals surface area contributed by atoms with Gasteiger partial charge in [0.25, 0.3) is 0 Å². The lowest BCUT2D eigenvalue weighted by molar-refractivity contribution is 0.669. The second-order valence-corrected chi connectivity index (χ2v) is 15.6. The Bertz CT molecular complexity index is 3590. The van der Waals surface area contributed by atoms with Gasteiger partial charge in [-0.25, -0.2) is 15.0 Å². The fourth-order valence-electron chi connectivity index (χ4n) is 8.91. The summed E-state index contributed by atoms with van der Waals surface area (Å²) in [5.41, 5.74) is 14.5. The number of rotatable bonds is 7. The van der Waals surface area contributed by atoms with Crippen molar-refractivity contribution in [3.8, 4) is 73.2 Å². The van der Waals surface area contributed by atoms with Gasteiger partial charge in [0.05, 0.1) is 16.4 Å². The van der Waals surface area contributed by atoms with Crippen molar-refractivity contribution in [1.82, 2.24) is 19.5 Å². The molecule has 0 bridgehead atoms. The first-order valence-electron chi connectivity index (χ1n) is 20.8. The van der Waals surface area contributed by atoms with Gasteiger partial charge >= 0.3 is 0 Å². The minimum Gasteiger partial charge on any atom is -0.456 e. The lowest BCUT2D eigenvalue weighted by Crippen LogP contribution is -2.00. The summed E-state index contributed by atoms with van der Waals surface area (Å²) in [4.78, 5) is 15.5. The van der Waals surface area contributed by atoms with Crippen LogP contribution in [0.25, 0.3) is 117 Å². The van der Waals surface area contributed by atoms with Gasteiger partial charge in [0, 0.05) is 38.5 Å². The Labute approximate surface area is 357 Å². The van der Waals surface area contributed by atoms with Crippen LogP contribution in [0.3, 0.4) is 0 Å². The van der Waals surface area contributed by atoms with Crippen LogP contribution in [0.4, 0.5) is 0 Å². The first-order chi connectivity index (χ1) is 30.7. The Morgan fingerprint density at radius 1 is 0.323 bits per heavy atom. The van der Waals surface area contributed by atoms with E-state index in [0.717, 1.165) is 77.4 Å². The third-order valence-electron chi connectivity index (χ3n) is 11.9. The van der Waals surface area contributed by atoms with E-state index in [1.807, 2.05) is 48.5 Å². The highest BCUT2D eigenvalue weighted by Crippen LogP contribution is 2.44. The molecule has 9 aromatic carbocycles. The molecule has 12 rings (SSSR count). The standard InChI is InChI=1S/C57H36N4O/c1-4-14-37(15-5-1)39-26-28-42(29-27-39)56-58-55(41-18-8-3-9-19-41)59-57(60-56)48-23-13-25-50-52(48)53-51(62-50)35-34-47-46-22-10-11-24-49(46)61(54(47)53)45-32-30-40(31-33-45)44-21-12-20-43(36-44)38-16-6-2-7-17-38/h1-36H. The zero-order chi connectivity index (χ0) is 41.0. The molecule has 5 nitrogen and oxygen atoms in total. The number of fused-ring (bicyclic) bond motifs is 7. The van der Waals surface area contributed by atoms with Crippen LogP contribution < -0.4 is 0 Å². The molecule has 0 amide bonds. The van der Waals surface area contributed by atoms with Gasteiger partial charge in [-0.1, -0.05) is 176 Å². The third-order valence-corrected chi connectivity index (χ3v) is 11.9. The summed E-state index contributed by atoms with van der Waals surface area (Å²) in [5, 5.41) is 4.29. The Kier molecular flexibility index (Phi) is 8.42. The summed E-state index contributed by atoms with van der Waals surface area (Å²) in [5.74, 6) is 1.79. The van der Waals surface area contributed by atoms with Crippen LogP contribution in [0.2, 0.25) is 0 Å². The molecule has 3 heterocycles. The average molecular weight is 793 g/mol. The van der Waals surface area contributed by atoms with E-state index in [1.165, 1.54) is 22.1 Å². The van der Waals surface area contributed by atoms with Gasteiger partial charge in [-0.05, 0) is 75.8 Å². The minimum atomic E-state index is 0.580. The van der Waals surface area contributed by atoms with Crippen molar-refractivity contribution in [2.45, 2.75) is 0 Å². The van der Waals surface area contributed by atoms with Crippen molar-refractivity contribution in [3.05, 3.63) is 218 Å². The first-order valence-corrected chi connectivity index (χ1v) is 20.8. The van der Waals surface area contributed by atoms with Crippen molar-refractivity contribution < 1.29 is 4.42 Å². The summed E-state index contributed by atoms with van der Waals surface area (Å²) in [6, 6.07) is 76.3. The summed E-state index contributed by atoms with van der Waals surface area (Å²) < 4.78 is 9.12. The van der Waals surface area contributed by atoms with Crippen LogP contribution >= 0.6 is 0 Å². The number of hydrogen-bond donors (Lipinski definition) is 0. The van der Waals surface area contributed by atoms with E-state index in [0.29, 0.717) is 17.5 Å². The third kappa shape index (κ3) is 6.06. The highest BCUT2D eigenvalue weighted by molar-refractivity contribution is 6.26. The molecule has 0 N–H and O–H groups in total. The van der Waals surface area contributed by atoms with Crippen LogP contribution in [0.5, 0.6) is 0 Å². The van der Waals surface area contributed by atoms with Gasteiger partial charge in [-0.2, -0.15) is 0 Å². The molecule has 290 valence electrons. The second-order valence-electron chi connectivity index (χ2n) is 15.6. The Balaban J connectivity index is 1.05. The van der Waals surface area contributed by atoms with E-state index in [9.17, 15) is 0 Å². The lowest BCUT2D eigenvalue weighted by Gasteiger charge is -2.12. The van der Waals surface area contributed by atoms with Gasteiger partial charge in [-0.15, -0.1) is 0 Å². The van der Waals surface area contributed by atoms with E-state index in [2.05, 4.69) is 174 Å². The molecule has 0 atom stereocenters. The number of furan rings is 1. The Hall–Kier alpha value is -8.41. The molecule has 0 aliphatic rings. The molecule has 62 heavy (non-hydrogen) atoms. The number of nitrogens with zero attached hydrogens (tertiary/aromatic N) is 4. The SMILES string of the molecule is c1ccc(-c2ccc(-c3nc(-c4ccccc4)nc(-c4cccc5oc6ccc7c8ccccc8n(-c8ccc(-c9cccc(-c%10ccccc%10)c9)cc8)c7c6c45)n3)cc2)cc1. The molecular weight excluding hydrogens is 757 g/mol. The summed E-state index contributed by atoms with van der Waals surface area (Å²) in [6.45, 7) is 0. The number of aromatic nitrogens is 4. The van der Waals surface area contributed by atoms with E-state index < -0.39 is 0 Å². The quantitative estimate of drug-likeness (QED) is 0.161. The van der Waals surface area contributed by atoms with E-state index in [1.54, 1.807) is 0 Å². The van der Waals surface area contributed by atoms with Crippen LogP contribution in [0, 0.1) is 0 Å². The maximum atomic E-state index is 6.73. The monoisotopic (exact) mass is 792 g/mol. The predicted octanol–water partition coefficient (Wildman–Crippen LogP) is 14.9. The van der Waals surface area contributed by atoms with E-state index in [-0.39, 0.29) is 0 Å². The van der Waals surface area contributed by atoms with Crippen molar-refractivity contribution >= 4 is 43.7 Å². The highest BCUT2D eigenvalue weighted by Gasteiger charge is 2.23. The van der Waals surface area contributed by atoms with Crippen molar-refractivity contribution in [2.24, 2.45) is 0 Å². The zero-order valence-electron chi connectivity index (χ0n) is 33.5. The fourth-order valence-corrected chi connectivity index (χ4v) is 8.91. The van der Waals surface area contributed by atoms with E-state index >= 15 is 0 Å². The maximum Gasteiger partial charge on any atom is 0.164 e. The van der Waals surface area contributed by atoms with Gasteiger partial charge in [0.2, 0.25) is 0 Å². The highest BCUT2D eigenvalue weighted by atomic mass is 16.3. The summed E-state index contributed by atoms with van der Waals surface area (Å²) in [7, 11) is 0. The molecule has 5 heteroatoms. The van der Waals surface area contributed by atoms with Gasteiger partial charge in [-0.3, -0.25) is 0 Å². The van der Waals surface area contributed by atoms with Gasteiger partial charge in [0.15, 0.2) is 17.5 Å². The number of benzene rings is 9. The Morgan fingerprint density at radius 2 is 0.806 bits per heavy atom. The fraction of sp³-hybridized carbons (Fsp3) is 0. The molecule has 0 saturated carbocycles. The summed E-state index contributed by atoms with van der Waals surface area (Å²) >= 11 is 0. The molecule has 3 aromatic heterocycles. The predicted molar refractivity (Wildman–Crippen MR) is 254 cm³/mol. The topological polar surface area (TPSA) is 56.7 Å². The average Bonchev–Trinajstić information content (AvgIpc) is 3.91. The molecule has 12 aromatic rings. The molecule has 0 unspecified atom stereocenters. The van der Waals surface area contributed by atoms with Gasteiger partial charge < -0.3 is 8.98 Å². The molecule has 0 saturated heterocycles. The van der Waals surface area contributed by atoms with Crippen LogP contribution in [0.15, 0.2) is 223 Å². The molecule has 0 aliphatic heterocycles. The Morgan fingerprint density at radius 3 is 1.50 bits per heavy atom.